The summed E-state index contributed by atoms with van der Waals surface area (Å²) in [6, 6.07) is 0. The van der Waals surface area contributed by atoms with E-state index in [1.807, 2.05) is 12.3 Å². The van der Waals surface area contributed by atoms with Crippen LogP contribution in [0.1, 0.15) is 4.88 Å². The van der Waals surface area contributed by atoms with Gasteiger partial charge in [0.25, 0.3) is 0 Å². The predicted octanol–water partition coefficient (Wildman–Crippen LogP) is 1.37. The fraction of sp³-hybridized carbons (Fsp3) is 0.200. The van der Waals surface area contributed by atoms with Crippen molar-refractivity contribution in [1.82, 2.24) is 19.2 Å². The zero-order chi connectivity index (χ0) is 7.68. The monoisotopic (exact) mass is 184 g/mol. The summed E-state index contributed by atoms with van der Waals surface area (Å²) in [7, 11) is 0. The Labute approximate surface area is 71.2 Å². The molecule has 0 unspecified atom stereocenters. The largest absolute Gasteiger partial charge is 0.136 e. The molecule has 2 aromatic rings. The average Bonchev–Trinajstić information content (AvgIpc) is 2.55. The lowest BCUT2D eigenvalue weighted by molar-refractivity contribution is 1.10. The third kappa shape index (κ3) is 1.14. The Kier molecular flexibility index (Phi) is 1.63. The molecule has 2 aromatic heterocycles. The summed E-state index contributed by atoms with van der Waals surface area (Å²) in [5.41, 5.74) is 1.67. The topological polar surface area (TPSA) is 51.6 Å². The summed E-state index contributed by atoms with van der Waals surface area (Å²) in [5, 5.41) is 9.69. The molecule has 0 radical (unpaired) electrons. The lowest BCUT2D eigenvalue weighted by Gasteiger charge is -1.85. The van der Waals surface area contributed by atoms with E-state index in [-0.39, 0.29) is 0 Å². The van der Waals surface area contributed by atoms with E-state index in [9.17, 15) is 0 Å². The van der Waals surface area contributed by atoms with Gasteiger partial charge in [0.05, 0.1) is 4.88 Å². The summed E-state index contributed by atoms with van der Waals surface area (Å²) in [5.74, 6) is 0. The van der Waals surface area contributed by atoms with Crippen LogP contribution in [0.4, 0.5) is 0 Å². The highest BCUT2D eigenvalue weighted by Crippen LogP contribution is 2.20. The molecule has 0 bridgehead atoms. The van der Waals surface area contributed by atoms with Crippen molar-refractivity contribution in [2.24, 2.45) is 0 Å². The first-order chi connectivity index (χ1) is 5.38. The average molecular weight is 184 g/mol. The third-order valence-corrected chi connectivity index (χ3v) is 2.39. The molecule has 4 nitrogen and oxygen atoms in total. The van der Waals surface area contributed by atoms with Crippen molar-refractivity contribution >= 4 is 23.1 Å². The predicted molar refractivity (Wildman–Crippen MR) is 43.5 cm³/mol. The van der Waals surface area contributed by atoms with Crippen molar-refractivity contribution in [2.45, 2.75) is 6.92 Å². The quantitative estimate of drug-likeness (QED) is 0.671. The van der Waals surface area contributed by atoms with Crippen LogP contribution in [-0.4, -0.2) is 19.2 Å². The Hall–Kier alpha value is -0.880. The molecule has 0 saturated carbocycles. The molecule has 6 heteroatoms. The maximum Gasteiger partial charge on any atom is 0.129 e. The molecule has 2 heterocycles. The fourth-order valence-electron chi connectivity index (χ4n) is 0.735. The first-order valence-corrected chi connectivity index (χ1v) is 4.55. The summed E-state index contributed by atoms with van der Waals surface area (Å²) < 4.78 is 7.55. The van der Waals surface area contributed by atoms with Gasteiger partial charge < -0.3 is 0 Å². The molecular formula is C5H4N4S2. The molecule has 0 amide bonds. The highest BCUT2D eigenvalue weighted by atomic mass is 32.1. The first kappa shape index (κ1) is 6.81. The maximum atomic E-state index is 3.93. The molecular weight excluding hydrogens is 180 g/mol. The van der Waals surface area contributed by atoms with Crippen molar-refractivity contribution in [3.05, 3.63) is 10.3 Å². The van der Waals surface area contributed by atoms with Crippen molar-refractivity contribution < 1.29 is 0 Å². The third-order valence-electron chi connectivity index (χ3n) is 1.25. The zero-order valence-electron chi connectivity index (χ0n) is 5.68. The van der Waals surface area contributed by atoms with Gasteiger partial charge in [-0.05, 0) is 30.0 Å². The normalized spacial score (nSPS) is 10.3. The second-order valence-electron chi connectivity index (χ2n) is 1.97. The second kappa shape index (κ2) is 2.63. The van der Waals surface area contributed by atoms with Crippen LogP contribution in [-0.2, 0) is 0 Å². The summed E-state index contributed by atoms with van der Waals surface area (Å²) in [6.07, 6.45) is 0. The van der Waals surface area contributed by atoms with Gasteiger partial charge in [-0.1, -0.05) is 8.98 Å². The molecule has 56 valence electrons. The molecule has 0 aliphatic carbocycles. The maximum absolute atomic E-state index is 3.93. The molecule has 0 atom stereocenters. The summed E-state index contributed by atoms with van der Waals surface area (Å²) in [6.45, 7) is 1.97. The van der Waals surface area contributed by atoms with Crippen LogP contribution in [0.3, 0.4) is 0 Å². The van der Waals surface area contributed by atoms with Gasteiger partial charge in [-0.15, -0.1) is 10.2 Å². The van der Waals surface area contributed by atoms with Crippen LogP contribution in [0, 0.1) is 6.92 Å². The molecule has 0 aliphatic heterocycles. The van der Waals surface area contributed by atoms with Gasteiger partial charge in [-0.25, -0.2) is 0 Å². The molecule has 0 spiro atoms. The van der Waals surface area contributed by atoms with Gasteiger partial charge in [0.1, 0.15) is 11.4 Å². The van der Waals surface area contributed by atoms with E-state index in [2.05, 4.69) is 19.2 Å². The van der Waals surface area contributed by atoms with E-state index < -0.39 is 0 Å². The number of rotatable bonds is 1. The van der Waals surface area contributed by atoms with Crippen LogP contribution in [0.25, 0.3) is 11.4 Å². The smallest absolute Gasteiger partial charge is 0.129 e. The van der Waals surface area contributed by atoms with E-state index >= 15 is 0 Å². The molecule has 0 N–H and O–H groups in total. The first-order valence-electron chi connectivity index (χ1n) is 2.94. The standard InChI is InChI=1S/C5H4N4S2/c1-3-5(7-9-11-3)4-2-10-8-6-4/h2H,1H3. The minimum atomic E-state index is 0.821. The molecule has 0 saturated heterocycles. The Morgan fingerprint density at radius 2 is 2.18 bits per heavy atom. The Bertz CT molecular complexity index is 339. The minimum absolute atomic E-state index is 0.821. The van der Waals surface area contributed by atoms with Crippen molar-refractivity contribution in [1.29, 1.82) is 0 Å². The van der Waals surface area contributed by atoms with Gasteiger partial charge >= 0.3 is 0 Å². The molecule has 2 rings (SSSR count). The van der Waals surface area contributed by atoms with Crippen LogP contribution < -0.4 is 0 Å². The Morgan fingerprint density at radius 3 is 2.73 bits per heavy atom. The van der Waals surface area contributed by atoms with Gasteiger partial charge in [-0.3, -0.25) is 0 Å². The molecule has 0 fully saturated rings. The number of nitrogens with zero attached hydrogens (tertiary/aromatic N) is 4. The van der Waals surface area contributed by atoms with Crippen LogP contribution in [0.15, 0.2) is 5.38 Å². The number of hydrogen-bond acceptors (Lipinski definition) is 6. The van der Waals surface area contributed by atoms with Crippen LogP contribution >= 0.6 is 23.1 Å². The number of aryl methyl sites for hydroxylation is 1. The van der Waals surface area contributed by atoms with Crippen LogP contribution in [0.5, 0.6) is 0 Å². The highest BCUT2D eigenvalue weighted by Gasteiger charge is 2.07. The Morgan fingerprint density at radius 1 is 1.27 bits per heavy atom. The van der Waals surface area contributed by atoms with E-state index in [0.717, 1.165) is 16.3 Å². The van der Waals surface area contributed by atoms with Gasteiger partial charge in [0.15, 0.2) is 0 Å². The number of aromatic nitrogens is 4. The van der Waals surface area contributed by atoms with Crippen molar-refractivity contribution in [3.8, 4) is 11.4 Å². The second-order valence-corrected chi connectivity index (χ2v) is 3.54. The van der Waals surface area contributed by atoms with Gasteiger partial charge in [0, 0.05) is 5.38 Å². The zero-order valence-corrected chi connectivity index (χ0v) is 7.32. The lowest BCUT2D eigenvalue weighted by atomic mass is 10.3. The van der Waals surface area contributed by atoms with E-state index in [1.54, 1.807) is 0 Å². The SMILES string of the molecule is Cc1snnc1-c1csnn1. The lowest BCUT2D eigenvalue weighted by Crippen LogP contribution is -1.80. The minimum Gasteiger partial charge on any atom is -0.136 e. The van der Waals surface area contributed by atoms with E-state index in [1.165, 1.54) is 23.1 Å². The molecule has 11 heavy (non-hydrogen) atoms. The number of hydrogen-bond donors (Lipinski definition) is 0. The van der Waals surface area contributed by atoms with E-state index in [4.69, 9.17) is 0 Å². The summed E-state index contributed by atoms with van der Waals surface area (Å²) in [4.78, 5) is 1.08. The van der Waals surface area contributed by atoms with Gasteiger partial charge in [0.2, 0.25) is 0 Å². The van der Waals surface area contributed by atoms with E-state index in [0.29, 0.717) is 0 Å². The Balaban J connectivity index is 2.53. The van der Waals surface area contributed by atoms with Crippen LogP contribution in [0.2, 0.25) is 0 Å². The molecule has 0 aliphatic rings. The highest BCUT2D eigenvalue weighted by molar-refractivity contribution is 7.06. The van der Waals surface area contributed by atoms with Gasteiger partial charge in [-0.2, -0.15) is 0 Å². The van der Waals surface area contributed by atoms with Crippen molar-refractivity contribution in [2.75, 3.05) is 0 Å². The fourth-order valence-corrected chi connectivity index (χ4v) is 1.65. The molecule has 0 aromatic carbocycles. The summed E-state index contributed by atoms with van der Waals surface area (Å²) >= 11 is 2.70. The van der Waals surface area contributed by atoms with Crippen molar-refractivity contribution in [3.63, 3.8) is 0 Å².